The fourth-order valence-electron chi connectivity index (χ4n) is 1.62. The number of hydroxylamine groups is 1. The highest BCUT2D eigenvalue weighted by Gasteiger charge is 2.23. The summed E-state index contributed by atoms with van der Waals surface area (Å²) in [6.45, 7) is 9.71. The van der Waals surface area contributed by atoms with Crippen molar-refractivity contribution in [3.8, 4) is 0 Å². The summed E-state index contributed by atoms with van der Waals surface area (Å²) in [5.41, 5.74) is 4.88. The molecule has 0 spiro atoms. The molecule has 98 valence electrons. The molecule has 18 heavy (non-hydrogen) atoms. The molecule has 0 aliphatic heterocycles. The van der Waals surface area contributed by atoms with Gasteiger partial charge in [0.2, 0.25) is 0 Å². The van der Waals surface area contributed by atoms with Gasteiger partial charge < -0.3 is 10.2 Å². The van der Waals surface area contributed by atoms with E-state index in [9.17, 15) is 4.79 Å². The second-order valence-electron chi connectivity index (χ2n) is 4.70. The first-order valence-electron chi connectivity index (χ1n) is 5.79. The Balaban J connectivity index is 2.93. The molecule has 0 bridgehead atoms. The van der Waals surface area contributed by atoms with Crippen LogP contribution in [0, 0.1) is 0 Å². The van der Waals surface area contributed by atoms with Crippen LogP contribution in [0.3, 0.4) is 0 Å². The van der Waals surface area contributed by atoms with Crippen molar-refractivity contribution in [1.82, 2.24) is 10.8 Å². The molecule has 0 saturated carbocycles. The largest absolute Gasteiger partial charge is 0.426 e. The van der Waals surface area contributed by atoms with Crippen molar-refractivity contribution in [2.45, 2.75) is 26.3 Å². The van der Waals surface area contributed by atoms with Crippen molar-refractivity contribution in [1.29, 1.82) is 0 Å². The zero-order chi connectivity index (χ0) is 13.8. The maximum Gasteiger partial charge on any atom is 0.426 e. The Morgan fingerprint density at radius 1 is 1.39 bits per heavy atom. The van der Waals surface area contributed by atoms with Crippen molar-refractivity contribution in [3.63, 3.8) is 0 Å². The second kappa shape index (κ2) is 5.69. The van der Waals surface area contributed by atoms with E-state index < -0.39 is 11.6 Å². The summed E-state index contributed by atoms with van der Waals surface area (Å²) in [6, 6.07) is 7.92. The number of nitrogens with one attached hydrogen (secondary N) is 2. The summed E-state index contributed by atoms with van der Waals surface area (Å²) in [5, 5.41) is 2.79. The van der Waals surface area contributed by atoms with Crippen LogP contribution >= 0.6 is 0 Å². The highest BCUT2D eigenvalue weighted by molar-refractivity contribution is 5.68. The fraction of sp³-hybridized carbons (Fsp3) is 0.357. The number of rotatable bonds is 4. The van der Waals surface area contributed by atoms with Crippen molar-refractivity contribution in [2.24, 2.45) is 0 Å². The van der Waals surface area contributed by atoms with Crippen LogP contribution in [0.15, 0.2) is 30.8 Å². The van der Waals surface area contributed by atoms with E-state index in [-0.39, 0.29) is 0 Å². The van der Waals surface area contributed by atoms with Crippen molar-refractivity contribution in [3.05, 3.63) is 42.0 Å². The third-order valence-corrected chi connectivity index (χ3v) is 2.69. The monoisotopic (exact) mass is 248 g/mol. The first-order valence-corrected chi connectivity index (χ1v) is 5.79. The lowest BCUT2D eigenvalue weighted by Crippen LogP contribution is -2.42. The van der Waals surface area contributed by atoms with Crippen LogP contribution in [0.25, 0.3) is 5.57 Å². The average molecular weight is 248 g/mol. The third kappa shape index (κ3) is 3.60. The Bertz CT molecular complexity index is 453. The van der Waals surface area contributed by atoms with Crippen molar-refractivity contribution < 1.29 is 9.63 Å². The number of hydrogen-bond donors (Lipinski definition) is 2. The molecule has 0 fully saturated rings. The molecule has 0 saturated heterocycles. The lowest BCUT2D eigenvalue weighted by atomic mass is 9.92. The molecular formula is C14H20N2O2. The first kappa shape index (κ1) is 14.3. The topological polar surface area (TPSA) is 50.4 Å². The van der Waals surface area contributed by atoms with E-state index in [0.717, 1.165) is 16.7 Å². The molecule has 1 aromatic carbocycles. The van der Waals surface area contributed by atoms with Gasteiger partial charge in [-0.1, -0.05) is 30.4 Å². The molecule has 0 atom stereocenters. The normalized spacial score (nSPS) is 10.9. The zero-order valence-electron chi connectivity index (χ0n) is 11.3. The van der Waals surface area contributed by atoms with Gasteiger partial charge in [0.1, 0.15) is 0 Å². The number of carbonyl (C=O) groups excluding carboxylic acids is 1. The van der Waals surface area contributed by atoms with Crippen LogP contribution in [-0.4, -0.2) is 13.1 Å². The SMILES string of the molecule is C=C(C)c1cccc(C(C)(C)NC(=O)ONC)c1. The molecule has 0 unspecified atom stereocenters. The number of allylic oxidation sites excluding steroid dienone is 1. The minimum Gasteiger partial charge on any atom is -0.354 e. The maximum absolute atomic E-state index is 11.4. The smallest absolute Gasteiger partial charge is 0.354 e. The molecular weight excluding hydrogens is 228 g/mol. The van der Waals surface area contributed by atoms with E-state index in [1.807, 2.05) is 45.0 Å². The van der Waals surface area contributed by atoms with E-state index in [4.69, 9.17) is 0 Å². The summed E-state index contributed by atoms with van der Waals surface area (Å²) < 4.78 is 0. The number of hydrogen-bond acceptors (Lipinski definition) is 3. The van der Waals surface area contributed by atoms with Crippen LogP contribution in [0.2, 0.25) is 0 Å². The van der Waals surface area contributed by atoms with Crippen LogP contribution in [0.4, 0.5) is 4.79 Å². The summed E-state index contributed by atoms with van der Waals surface area (Å²) in [7, 11) is 1.54. The predicted octanol–water partition coefficient (Wildman–Crippen LogP) is 2.82. The Labute approximate surface area is 108 Å². The highest BCUT2D eigenvalue weighted by Crippen LogP contribution is 2.23. The lowest BCUT2D eigenvalue weighted by Gasteiger charge is -2.26. The van der Waals surface area contributed by atoms with Crippen LogP contribution < -0.4 is 10.8 Å². The quantitative estimate of drug-likeness (QED) is 0.806. The second-order valence-corrected chi connectivity index (χ2v) is 4.70. The average Bonchev–Trinajstić information content (AvgIpc) is 2.28. The number of amides is 1. The molecule has 4 nitrogen and oxygen atoms in total. The van der Waals surface area contributed by atoms with Gasteiger partial charge in [-0.05, 0) is 38.0 Å². The van der Waals surface area contributed by atoms with Crippen LogP contribution in [-0.2, 0) is 10.4 Å². The predicted molar refractivity (Wildman–Crippen MR) is 72.9 cm³/mol. The minimum absolute atomic E-state index is 0.511. The first-order chi connectivity index (χ1) is 8.36. The third-order valence-electron chi connectivity index (χ3n) is 2.69. The van der Waals surface area contributed by atoms with Gasteiger partial charge in [-0.25, -0.2) is 4.79 Å². The van der Waals surface area contributed by atoms with Gasteiger partial charge in [0.15, 0.2) is 0 Å². The van der Waals surface area contributed by atoms with E-state index in [1.54, 1.807) is 0 Å². The van der Waals surface area contributed by atoms with E-state index in [0.29, 0.717) is 0 Å². The lowest BCUT2D eigenvalue weighted by molar-refractivity contribution is 0.0941. The number of carbonyl (C=O) groups is 1. The van der Waals surface area contributed by atoms with Gasteiger partial charge in [0, 0.05) is 7.05 Å². The fourth-order valence-corrected chi connectivity index (χ4v) is 1.62. The van der Waals surface area contributed by atoms with Crippen LogP contribution in [0.5, 0.6) is 0 Å². The minimum atomic E-state index is -0.514. The zero-order valence-corrected chi connectivity index (χ0v) is 11.3. The summed E-state index contributed by atoms with van der Waals surface area (Å²) in [5.74, 6) is 0. The Morgan fingerprint density at radius 3 is 2.61 bits per heavy atom. The molecule has 0 heterocycles. The number of benzene rings is 1. The summed E-state index contributed by atoms with van der Waals surface area (Å²) >= 11 is 0. The molecule has 2 N–H and O–H groups in total. The maximum atomic E-state index is 11.4. The Morgan fingerprint density at radius 2 is 2.06 bits per heavy atom. The summed E-state index contributed by atoms with van der Waals surface area (Å²) in [4.78, 5) is 16.1. The van der Waals surface area contributed by atoms with Gasteiger partial charge in [0.25, 0.3) is 0 Å². The van der Waals surface area contributed by atoms with Gasteiger partial charge in [-0.3, -0.25) is 0 Å². The molecule has 0 aromatic heterocycles. The van der Waals surface area contributed by atoms with Gasteiger partial charge in [-0.15, -0.1) is 0 Å². The molecule has 0 aliphatic rings. The van der Waals surface area contributed by atoms with Crippen molar-refractivity contribution >= 4 is 11.7 Å². The Hall–Kier alpha value is -1.81. The van der Waals surface area contributed by atoms with E-state index in [2.05, 4.69) is 22.2 Å². The highest BCUT2D eigenvalue weighted by atomic mass is 16.7. The standard InChI is InChI=1S/C14H20N2O2/c1-10(2)11-7-6-8-12(9-11)14(3,4)16-13(17)18-15-5/h6-9,15H,1H2,2-5H3,(H,16,17). The van der Waals surface area contributed by atoms with Gasteiger partial charge >= 0.3 is 6.09 Å². The molecule has 0 aliphatic carbocycles. The van der Waals surface area contributed by atoms with E-state index >= 15 is 0 Å². The van der Waals surface area contributed by atoms with Gasteiger partial charge in [-0.2, -0.15) is 5.48 Å². The van der Waals surface area contributed by atoms with Crippen molar-refractivity contribution in [2.75, 3.05) is 7.05 Å². The Kier molecular flexibility index (Phi) is 4.50. The van der Waals surface area contributed by atoms with E-state index in [1.165, 1.54) is 7.05 Å². The summed E-state index contributed by atoms with van der Waals surface area (Å²) in [6.07, 6.45) is -0.511. The molecule has 1 rings (SSSR count). The van der Waals surface area contributed by atoms with Gasteiger partial charge in [0.05, 0.1) is 5.54 Å². The molecule has 1 amide bonds. The molecule has 4 heteroatoms. The van der Waals surface area contributed by atoms with Crippen LogP contribution in [0.1, 0.15) is 31.9 Å². The molecule has 0 radical (unpaired) electrons. The molecule has 1 aromatic rings.